The van der Waals surface area contributed by atoms with Crippen LogP contribution in [0.2, 0.25) is 0 Å². The van der Waals surface area contributed by atoms with E-state index < -0.39 is 5.97 Å². The van der Waals surface area contributed by atoms with Crippen LogP contribution in [0.5, 0.6) is 0 Å². The zero-order valence-corrected chi connectivity index (χ0v) is 6.47. The van der Waals surface area contributed by atoms with Crippen molar-refractivity contribution in [2.75, 3.05) is 0 Å². The first-order valence-electron chi connectivity index (χ1n) is 4.40. The highest BCUT2D eigenvalue weighted by Crippen LogP contribution is 2.86. The average Bonchev–Trinajstić information content (AvgIpc) is 2.68. The van der Waals surface area contributed by atoms with Gasteiger partial charge in [-0.2, -0.15) is 0 Å². The molecule has 0 aromatic heterocycles. The molecule has 3 rings (SSSR count). The smallest absolute Gasteiger partial charge is 0.306 e. The highest BCUT2D eigenvalue weighted by Gasteiger charge is 2.77. The molecule has 60 valence electrons. The van der Waals surface area contributed by atoms with Crippen molar-refractivity contribution in [3.05, 3.63) is 0 Å². The first-order valence-corrected chi connectivity index (χ1v) is 4.40. The number of hydrogen-bond acceptors (Lipinski definition) is 1. The Hall–Kier alpha value is -0.530. The number of carbonyl (C=O) groups is 1. The Labute approximate surface area is 65.6 Å². The van der Waals surface area contributed by atoms with Gasteiger partial charge in [-0.25, -0.2) is 0 Å². The van der Waals surface area contributed by atoms with Crippen LogP contribution in [0.1, 0.15) is 32.1 Å². The lowest BCUT2D eigenvalue weighted by Crippen LogP contribution is -2.33. The van der Waals surface area contributed by atoms with E-state index in [-0.39, 0.29) is 5.92 Å². The Kier molecular flexibility index (Phi) is 0.739. The Morgan fingerprint density at radius 1 is 1.27 bits per heavy atom. The first-order chi connectivity index (χ1) is 5.18. The van der Waals surface area contributed by atoms with Crippen LogP contribution in [-0.2, 0) is 4.79 Å². The van der Waals surface area contributed by atoms with E-state index in [0.717, 1.165) is 12.8 Å². The Morgan fingerprint density at radius 2 is 1.91 bits per heavy atom. The van der Waals surface area contributed by atoms with Crippen molar-refractivity contribution in [3.63, 3.8) is 0 Å². The Morgan fingerprint density at radius 3 is 2.27 bits per heavy atom. The van der Waals surface area contributed by atoms with Crippen molar-refractivity contribution in [3.8, 4) is 0 Å². The van der Waals surface area contributed by atoms with Crippen LogP contribution >= 0.6 is 0 Å². The van der Waals surface area contributed by atoms with Crippen molar-refractivity contribution in [1.82, 2.24) is 0 Å². The second-order valence-corrected chi connectivity index (χ2v) is 4.68. The molecule has 0 aromatic carbocycles. The first kappa shape index (κ1) is 6.04. The summed E-state index contributed by atoms with van der Waals surface area (Å²) in [4.78, 5) is 10.5. The highest BCUT2D eigenvalue weighted by atomic mass is 16.4. The summed E-state index contributed by atoms with van der Waals surface area (Å²) < 4.78 is 0. The fourth-order valence-electron chi connectivity index (χ4n) is 3.10. The van der Waals surface area contributed by atoms with Crippen molar-refractivity contribution in [1.29, 1.82) is 0 Å². The maximum Gasteiger partial charge on any atom is 0.306 e. The molecule has 2 spiro atoms. The van der Waals surface area contributed by atoms with Gasteiger partial charge in [0.15, 0.2) is 0 Å². The van der Waals surface area contributed by atoms with Gasteiger partial charge in [-0.3, -0.25) is 4.79 Å². The molecule has 0 aromatic rings. The molecule has 0 radical (unpaired) electrons. The van der Waals surface area contributed by atoms with Crippen molar-refractivity contribution in [2.45, 2.75) is 32.1 Å². The molecule has 0 unspecified atom stereocenters. The number of hydrogen-bond donors (Lipinski definition) is 1. The minimum atomic E-state index is -0.571. The Bertz CT molecular complexity index is 234. The molecular weight excluding hydrogens is 140 g/mol. The van der Waals surface area contributed by atoms with Gasteiger partial charge in [0.25, 0.3) is 0 Å². The van der Waals surface area contributed by atoms with Crippen LogP contribution in [0.25, 0.3) is 0 Å². The van der Waals surface area contributed by atoms with Gasteiger partial charge in [0, 0.05) is 0 Å². The van der Waals surface area contributed by atoms with Gasteiger partial charge in [-0.1, -0.05) is 0 Å². The monoisotopic (exact) mass is 152 g/mol. The average molecular weight is 152 g/mol. The Balaban J connectivity index is 1.69. The predicted molar refractivity (Wildman–Crippen MR) is 39.1 cm³/mol. The third kappa shape index (κ3) is 0.534. The number of carboxylic acids is 1. The van der Waals surface area contributed by atoms with Gasteiger partial charge >= 0.3 is 5.97 Å². The molecule has 3 aliphatic carbocycles. The van der Waals surface area contributed by atoms with Gasteiger partial charge in [0.2, 0.25) is 0 Å². The lowest BCUT2D eigenvalue weighted by atomic mass is 9.70. The second-order valence-electron chi connectivity index (χ2n) is 4.68. The van der Waals surface area contributed by atoms with Crippen molar-refractivity contribution < 1.29 is 9.90 Å². The molecule has 0 atom stereocenters. The third-order valence-corrected chi connectivity index (χ3v) is 4.15. The molecule has 11 heavy (non-hydrogen) atoms. The van der Waals surface area contributed by atoms with E-state index in [0.29, 0.717) is 10.8 Å². The fourth-order valence-corrected chi connectivity index (χ4v) is 3.10. The van der Waals surface area contributed by atoms with Gasteiger partial charge < -0.3 is 5.11 Å². The number of rotatable bonds is 1. The topological polar surface area (TPSA) is 37.3 Å². The van der Waals surface area contributed by atoms with Crippen LogP contribution in [0.15, 0.2) is 0 Å². The molecule has 3 aliphatic rings. The lowest BCUT2D eigenvalue weighted by molar-refractivity contribution is -0.147. The normalized spacial score (nSPS) is 48.9. The van der Waals surface area contributed by atoms with E-state index >= 15 is 0 Å². The standard InChI is InChI=1S/C9H12O2/c10-7(11)6-3-9(4-6)5-8(9)1-2-8/h6H,1-5H2,(H,10,11). The van der Waals surface area contributed by atoms with Gasteiger partial charge in [0.1, 0.15) is 0 Å². The molecule has 0 saturated heterocycles. The van der Waals surface area contributed by atoms with Crippen molar-refractivity contribution >= 4 is 5.97 Å². The number of fused-ring (bicyclic) bond motifs is 1. The predicted octanol–water partition coefficient (Wildman–Crippen LogP) is 1.65. The summed E-state index contributed by atoms with van der Waals surface area (Å²) in [7, 11) is 0. The minimum Gasteiger partial charge on any atom is -0.481 e. The van der Waals surface area contributed by atoms with Gasteiger partial charge in [-0.05, 0) is 42.9 Å². The van der Waals surface area contributed by atoms with E-state index in [9.17, 15) is 4.79 Å². The summed E-state index contributed by atoms with van der Waals surface area (Å²) in [5.74, 6) is -0.562. The van der Waals surface area contributed by atoms with Crippen LogP contribution in [-0.4, -0.2) is 11.1 Å². The van der Waals surface area contributed by atoms with Crippen LogP contribution in [0, 0.1) is 16.7 Å². The van der Waals surface area contributed by atoms with E-state index in [2.05, 4.69) is 0 Å². The SMILES string of the molecule is O=C(O)C1CC2(C1)CC21CC1. The maximum absolute atomic E-state index is 10.5. The van der Waals surface area contributed by atoms with Gasteiger partial charge in [-0.15, -0.1) is 0 Å². The fraction of sp³-hybridized carbons (Fsp3) is 0.889. The lowest BCUT2D eigenvalue weighted by Gasteiger charge is -2.34. The zero-order valence-electron chi connectivity index (χ0n) is 6.47. The highest BCUT2D eigenvalue weighted by molar-refractivity contribution is 5.72. The summed E-state index contributed by atoms with van der Waals surface area (Å²) in [5.41, 5.74) is 1.25. The maximum atomic E-state index is 10.5. The van der Waals surface area contributed by atoms with Crippen LogP contribution < -0.4 is 0 Å². The number of aliphatic carboxylic acids is 1. The molecule has 2 nitrogen and oxygen atoms in total. The largest absolute Gasteiger partial charge is 0.481 e. The second kappa shape index (κ2) is 1.35. The van der Waals surface area contributed by atoms with E-state index in [1.807, 2.05) is 0 Å². The number of carboxylic acid groups (broad SMARTS) is 1. The van der Waals surface area contributed by atoms with E-state index in [4.69, 9.17) is 5.11 Å². The summed E-state index contributed by atoms with van der Waals surface area (Å²) in [6.45, 7) is 0. The zero-order chi connectivity index (χ0) is 7.69. The molecule has 1 N–H and O–H groups in total. The molecule has 0 bridgehead atoms. The summed E-state index contributed by atoms with van der Waals surface area (Å²) >= 11 is 0. The minimum absolute atomic E-state index is 0.00924. The molecular formula is C9H12O2. The molecule has 0 aliphatic heterocycles. The van der Waals surface area contributed by atoms with E-state index in [1.54, 1.807) is 0 Å². The molecule has 3 saturated carbocycles. The van der Waals surface area contributed by atoms with Crippen molar-refractivity contribution in [2.24, 2.45) is 16.7 Å². The molecule has 0 amide bonds. The molecule has 3 fully saturated rings. The summed E-state index contributed by atoms with van der Waals surface area (Å²) in [5, 5.41) is 8.68. The quantitative estimate of drug-likeness (QED) is 0.620. The molecule has 2 heteroatoms. The summed E-state index contributed by atoms with van der Waals surface area (Å²) in [6, 6.07) is 0. The van der Waals surface area contributed by atoms with E-state index in [1.165, 1.54) is 19.3 Å². The van der Waals surface area contributed by atoms with Crippen LogP contribution in [0.4, 0.5) is 0 Å². The summed E-state index contributed by atoms with van der Waals surface area (Å²) in [6.07, 6.45) is 6.10. The third-order valence-electron chi connectivity index (χ3n) is 4.15. The van der Waals surface area contributed by atoms with Gasteiger partial charge in [0.05, 0.1) is 5.92 Å². The molecule has 0 heterocycles. The van der Waals surface area contributed by atoms with Crippen LogP contribution in [0.3, 0.4) is 0 Å².